The summed E-state index contributed by atoms with van der Waals surface area (Å²) in [6, 6.07) is 9.44. The Hall–Kier alpha value is -2.53. The summed E-state index contributed by atoms with van der Waals surface area (Å²) in [6.45, 7) is 4.55. The summed E-state index contributed by atoms with van der Waals surface area (Å²) >= 11 is 1.61. The van der Waals surface area contributed by atoms with Crippen molar-refractivity contribution >= 4 is 49.9 Å². The first kappa shape index (κ1) is 30.4. The molecule has 0 bridgehead atoms. The molecule has 1 atom stereocenters. The van der Waals surface area contributed by atoms with Crippen LogP contribution >= 0.6 is 23.7 Å². The van der Waals surface area contributed by atoms with Crippen molar-refractivity contribution in [3.8, 4) is 17.2 Å². The maximum atomic E-state index is 13.2. The number of piperidine rings is 1. The van der Waals surface area contributed by atoms with E-state index in [1.54, 1.807) is 37.7 Å². The van der Waals surface area contributed by atoms with Crippen LogP contribution in [0, 0.1) is 5.92 Å². The molecule has 8 nitrogen and oxygen atoms in total. The Labute approximate surface area is 246 Å². The van der Waals surface area contributed by atoms with Gasteiger partial charge < -0.3 is 23.5 Å². The zero-order valence-electron chi connectivity index (χ0n) is 23.2. The highest BCUT2D eigenvalue weighted by molar-refractivity contribution is 7.86. The van der Waals surface area contributed by atoms with Crippen LogP contribution < -0.4 is 13.7 Å². The summed E-state index contributed by atoms with van der Waals surface area (Å²) in [5.41, 5.74) is 3.46. The fourth-order valence-corrected chi connectivity index (χ4v) is 7.26. The van der Waals surface area contributed by atoms with Gasteiger partial charge in [-0.15, -0.1) is 23.7 Å². The van der Waals surface area contributed by atoms with Crippen LogP contribution in [-0.2, 0) is 34.2 Å². The minimum absolute atomic E-state index is 0. The number of carbonyl (C=O) groups is 1. The molecule has 2 aliphatic rings. The molecule has 0 saturated carbocycles. The number of carbonyl (C=O) groups excluding carboxylic acids is 1. The zero-order chi connectivity index (χ0) is 27.6. The molecule has 2 aliphatic heterocycles. The highest BCUT2D eigenvalue weighted by atomic mass is 35.5. The van der Waals surface area contributed by atoms with Gasteiger partial charge in [0.2, 0.25) is 5.91 Å². The van der Waals surface area contributed by atoms with Crippen molar-refractivity contribution in [1.82, 2.24) is 9.80 Å². The van der Waals surface area contributed by atoms with Gasteiger partial charge in [0.15, 0.2) is 11.5 Å². The smallest absolute Gasteiger partial charge is 0.306 e. The molecule has 0 spiro atoms. The van der Waals surface area contributed by atoms with Gasteiger partial charge >= 0.3 is 10.1 Å². The van der Waals surface area contributed by atoms with Gasteiger partial charge in [0, 0.05) is 30.9 Å². The molecule has 3 aromatic rings. The number of rotatable bonds is 9. The summed E-state index contributed by atoms with van der Waals surface area (Å²) in [7, 11) is -0.279. The number of fused-ring (bicyclic) bond motifs is 2. The van der Waals surface area contributed by atoms with Gasteiger partial charge in [0.05, 0.1) is 26.9 Å². The van der Waals surface area contributed by atoms with Gasteiger partial charge in [0.1, 0.15) is 5.75 Å². The van der Waals surface area contributed by atoms with E-state index in [2.05, 4.69) is 15.2 Å². The second kappa shape index (κ2) is 13.0. The molecule has 2 aromatic carbocycles. The Morgan fingerprint density at radius 2 is 1.80 bits per heavy atom. The molecule has 40 heavy (non-hydrogen) atoms. The van der Waals surface area contributed by atoms with E-state index < -0.39 is 10.1 Å². The number of thiophene rings is 1. The standard InChI is InChI=1S/C29H36N2O6S2.ClH/c1-35-26-13-21-9-12-31(29(32)15-23(21)14-27(26)36-2)18-20-5-4-10-30(17-20)11-8-22-19-38-28-16-24(6-7-25(22)28)37-39(3,33)34;/h6-7,13-14,16,19-20H,4-5,8-12,15,17-18H2,1-3H3;1H. The summed E-state index contributed by atoms with van der Waals surface area (Å²) in [5.74, 6) is 2.37. The Morgan fingerprint density at radius 3 is 2.52 bits per heavy atom. The monoisotopic (exact) mass is 608 g/mol. The maximum Gasteiger partial charge on any atom is 0.306 e. The lowest BCUT2D eigenvalue weighted by Crippen LogP contribution is -2.43. The molecule has 1 saturated heterocycles. The van der Waals surface area contributed by atoms with Crippen LogP contribution in [0.3, 0.4) is 0 Å². The first-order chi connectivity index (χ1) is 18.7. The molecule has 5 rings (SSSR count). The van der Waals surface area contributed by atoms with Gasteiger partial charge in [0.25, 0.3) is 0 Å². The van der Waals surface area contributed by atoms with E-state index in [0.29, 0.717) is 29.6 Å². The largest absolute Gasteiger partial charge is 0.493 e. The lowest BCUT2D eigenvalue weighted by Gasteiger charge is -2.35. The zero-order valence-corrected chi connectivity index (χ0v) is 25.6. The van der Waals surface area contributed by atoms with Crippen LogP contribution in [0.5, 0.6) is 17.2 Å². The van der Waals surface area contributed by atoms with Crippen LogP contribution in [0.1, 0.15) is 29.5 Å². The van der Waals surface area contributed by atoms with E-state index in [-0.39, 0.29) is 18.3 Å². The van der Waals surface area contributed by atoms with Crippen LogP contribution in [0.4, 0.5) is 0 Å². The van der Waals surface area contributed by atoms with Crippen molar-refractivity contribution in [1.29, 1.82) is 0 Å². The SMILES string of the molecule is COc1cc2c(cc1OC)CC(=O)N(CC1CCCN(CCc3csc4cc(OS(C)(=O)=O)ccc34)C1)CC2.Cl. The lowest BCUT2D eigenvalue weighted by atomic mass is 9.96. The van der Waals surface area contributed by atoms with Gasteiger partial charge in [-0.1, -0.05) is 0 Å². The predicted octanol–water partition coefficient (Wildman–Crippen LogP) is 4.56. The van der Waals surface area contributed by atoms with Gasteiger partial charge in [-0.2, -0.15) is 8.42 Å². The van der Waals surface area contributed by atoms with Crippen molar-refractivity contribution in [2.45, 2.75) is 32.1 Å². The second-order valence-corrected chi connectivity index (χ2v) is 13.0. The topological polar surface area (TPSA) is 85.4 Å². The number of likely N-dealkylation sites (tertiary alicyclic amines) is 1. The Bertz CT molecular complexity index is 1460. The third kappa shape index (κ3) is 7.21. The van der Waals surface area contributed by atoms with Gasteiger partial charge in [-0.3, -0.25) is 4.79 Å². The molecule has 1 aromatic heterocycles. The minimum Gasteiger partial charge on any atom is -0.493 e. The number of nitrogens with zero attached hydrogens (tertiary/aromatic N) is 2. The number of hydrogen-bond donors (Lipinski definition) is 0. The summed E-state index contributed by atoms with van der Waals surface area (Å²) < 4.78 is 39.9. The van der Waals surface area contributed by atoms with Crippen LogP contribution in [-0.4, -0.2) is 77.3 Å². The van der Waals surface area contributed by atoms with E-state index in [1.165, 1.54) is 5.56 Å². The first-order valence-electron chi connectivity index (χ1n) is 13.4. The third-order valence-electron chi connectivity index (χ3n) is 7.71. The van der Waals surface area contributed by atoms with Crippen molar-refractivity contribution in [3.63, 3.8) is 0 Å². The highest BCUT2D eigenvalue weighted by Crippen LogP contribution is 2.33. The average Bonchev–Trinajstić information content (AvgIpc) is 3.24. The molecule has 218 valence electrons. The molecule has 3 heterocycles. The first-order valence-corrected chi connectivity index (χ1v) is 16.1. The Kier molecular flexibility index (Phi) is 9.87. The normalized spacial score (nSPS) is 18.1. The van der Waals surface area contributed by atoms with Crippen LogP contribution in [0.25, 0.3) is 10.1 Å². The number of benzene rings is 2. The minimum atomic E-state index is -3.54. The number of amides is 1. The molecular weight excluding hydrogens is 572 g/mol. The number of ether oxygens (including phenoxy) is 2. The molecule has 11 heteroatoms. The predicted molar refractivity (Wildman–Crippen MR) is 161 cm³/mol. The fraction of sp³-hybridized carbons (Fsp3) is 0.483. The molecule has 0 radical (unpaired) electrons. The van der Waals surface area contributed by atoms with E-state index in [4.69, 9.17) is 13.7 Å². The maximum absolute atomic E-state index is 13.2. The van der Waals surface area contributed by atoms with E-state index in [1.807, 2.05) is 18.2 Å². The molecule has 0 N–H and O–H groups in total. The molecule has 0 aliphatic carbocycles. The van der Waals surface area contributed by atoms with E-state index >= 15 is 0 Å². The average molecular weight is 609 g/mol. The highest BCUT2D eigenvalue weighted by Gasteiger charge is 2.27. The second-order valence-electron chi connectivity index (χ2n) is 10.5. The van der Waals surface area contributed by atoms with Gasteiger partial charge in [-0.05, 0) is 95.9 Å². The van der Waals surface area contributed by atoms with Crippen molar-refractivity contribution in [2.75, 3.05) is 53.2 Å². The number of hydrogen-bond acceptors (Lipinski definition) is 8. The van der Waals surface area contributed by atoms with Crippen molar-refractivity contribution < 1.29 is 26.9 Å². The van der Waals surface area contributed by atoms with E-state index in [0.717, 1.165) is 85.9 Å². The van der Waals surface area contributed by atoms with Crippen molar-refractivity contribution in [2.24, 2.45) is 5.92 Å². The lowest BCUT2D eigenvalue weighted by molar-refractivity contribution is -0.131. The van der Waals surface area contributed by atoms with Gasteiger partial charge in [-0.25, -0.2) is 0 Å². The molecule has 1 fully saturated rings. The Balaban J connectivity index is 0.00000370. The summed E-state index contributed by atoms with van der Waals surface area (Å²) in [6.07, 6.45) is 5.48. The van der Waals surface area contributed by atoms with Crippen LogP contribution in [0.2, 0.25) is 0 Å². The third-order valence-corrected chi connectivity index (χ3v) is 9.19. The summed E-state index contributed by atoms with van der Waals surface area (Å²) in [4.78, 5) is 17.8. The van der Waals surface area contributed by atoms with Crippen LogP contribution in [0.15, 0.2) is 35.7 Å². The van der Waals surface area contributed by atoms with Crippen molar-refractivity contribution in [3.05, 3.63) is 52.4 Å². The number of methoxy groups -OCH3 is 2. The number of halogens is 1. The molecule has 1 unspecified atom stereocenters. The van der Waals surface area contributed by atoms with E-state index in [9.17, 15) is 13.2 Å². The molecule has 1 amide bonds. The molecular formula is C29H37ClN2O6S2. The Morgan fingerprint density at radius 1 is 1.05 bits per heavy atom. The fourth-order valence-electron chi connectivity index (χ4n) is 5.79. The summed E-state index contributed by atoms with van der Waals surface area (Å²) in [5, 5.41) is 3.31. The quantitative estimate of drug-likeness (QED) is 0.329.